The molecule has 0 N–H and O–H groups in total. The van der Waals surface area contributed by atoms with Gasteiger partial charge in [0, 0.05) is 44.7 Å². The Hall–Kier alpha value is -3.98. The number of hydrogen-bond acceptors (Lipinski definition) is 7. The van der Waals surface area contributed by atoms with E-state index in [4.69, 9.17) is 11.3 Å². The van der Waals surface area contributed by atoms with Crippen LogP contribution >= 0.6 is 0 Å². The molecule has 3 atom stereocenters. The summed E-state index contributed by atoms with van der Waals surface area (Å²) in [5, 5.41) is 0. The van der Waals surface area contributed by atoms with Crippen LogP contribution in [-0.2, 0) is 22.8 Å². The summed E-state index contributed by atoms with van der Waals surface area (Å²) in [5.41, 5.74) is 0.499. The smallest absolute Gasteiger partial charge is 0.416 e. The number of carbonyl (C=O) groups is 1. The molecule has 0 bridgehead atoms. The quantitative estimate of drug-likeness (QED) is 0.335. The highest BCUT2D eigenvalue weighted by Crippen LogP contribution is 2.35. The summed E-state index contributed by atoms with van der Waals surface area (Å²) < 4.78 is 45.5. The number of aryl methyl sites for hydroxylation is 1. The molecule has 0 spiro atoms. The third-order valence-electron chi connectivity index (χ3n) is 7.32. The number of ether oxygens (including phenoxy) is 1. The number of pyridine rings is 1. The number of aromatic nitrogens is 3. The minimum Gasteiger partial charge on any atom is -0.469 e. The van der Waals surface area contributed by atoms with Crippen LogP contribution in [0.15, 0.2) is 41.2 Å². The first kappa shape index (κ1) is 28.0. The fourth-order valence-electron chi connectivity index (χ4n) is 5.08. The van der Waals surface area contributed by atoms with Gasteiger partial charge in [-0.05, 0) is 50.1 Å². The summed E-state index contributed by atoms with van der Waals surface area (Å²) in [6, 6.07) is 7.69. The molecule has 0 amide bonds. The van der Waals surface area contributed by atoms with Gasteiger partial charge in [-0.3, -0.25) is 14.3 Å². The zero-order chi connectivity index (χ0) is 28.5. The summed E-state index contributed by atoms with van der Waals surface area (Å²) in [6.45, 7) is 12.1. The second-order valence-corrected chi connectivity index (χ2v) is 9.69. The van der Waals surface area contributed by atoms with E-state index >= 15 is 0 Å². The molecule has 39 heavy (non-hydrogen) atoms. The number of esters is 1. The predicted octanol–water partition coefficient (Wildman–Crippen LogP) is 4.49. The third kappa shape index (κ3) is 5.73. The fourth-order valence-corrected chi connectivity index (χ4v) is 5.08. The molecule has 0 radical (unpaired) electrons. The Morgan fingerprint density at radius 1 is 1.18 bits per heavy atom. The lowest BCUT2D eigenvalue weighted by Gasteiger charge is -2.48. The van der Waals surface area contributed by atoms with E-state index < -0.39 is 17.4 Å². The molecule has 9 nitrogen and oxygen atoms in total. The molecule has 1 saturated heterocycles. The number of carbonyl (C=O) groups excluding carboxylic acids is 1. The van der Waals surface area contributed by atoms with Crippen LogP contribution in [0.4, 0.5) is 24.8 Å². The van der Waals surface area contributed by atoms with Crippen molar-refractivity contribution in [1.82, 2.24) is 19.4 Å². The van der Waals surface area contributed by atoms with Gasteiger partial charge in [0.2, 0.25) is 5.52 Å². The van der Waals surface area contributed by atoms with E-state index in [9.17, 15) is 22.8 Å². The number of benzene rings is 1. The molecule has 1 fully saturated rings. The number of nitrogens with zero attached hydrogens (tertiary/aromatic N) is 6. The standard InChI is InChI=1S/C27H29F3N6O3/c1-16-14-36(17(2)18-6-8-19(9-7-18)27(28,29)30)20(10-13-23(37)39-5)15-35(16)25-24-21(34(4)26(38)33-25)11-12-22(31-3)32-24/h6-9,11-12,16-17,20H,10,13-15H2,1-2,4-5H3/t16-,17?,20+/m0/s1. The number of alkyl halides is 3. The molecule has 2 aromatic heterocycles. The molecule has 0 saturated carbocycles. The molecular formula is C27H29F3N6O3. The SMILES string of the molecule is [C-]#[N+]c1ccc2c(n1)c(N1C[C@@H](CCC(=O)OC)N(C(C)c3ccc(C(F)(F)F)cc3)C[C@@H]1C)nc(=O)n2C. The first-order valence-electron chi connectivity index (χ1n) is 12.5. The number of rotatable bonds is 6. The summed E-state index contributed by atoms with van der Waals surface area (Å²) in [4.78, 5) is 41.1. The lowest BCUT2D eigenvalue weighted by atomic mass is 9.96. The van der Waals surface area contributed by atoms with Gasteiger partial charge < -0.3 is 14.5 Å². The monoisotopic (exact) mass is 542 g/mol. The normalized spacial score (nSPS) is 19.1. The van der Waals surface area contributed by atoms with E-state index in [0.717, 1.165) is 12.1 Å². The van der Waals surface area contributed by atoms with Crippen LogP contribution in [0, 0.1) is 6.57 Å². The number of anilines is 1. The van der Waals surface area contributed by atoms with Crippen molar-refractivity contribution >= 4 is 28.6 Å². The van der Waals surface area contributed by atoms with Gasteiger partial charge >= 0.3 is 17.8 Å². The molecule has 1 unspecified atom stereocenters. The number of halogens is 3. The minimum absolute atomic E-state index is 0.143. The zero-order valence-electron chi connectivity index (χ0n) is 22.1. The van der Waals surface area contributed by atoms with Crippen molar-refractivity contribution in [2.75, 3.05) is 25.1 Å². The van der Waals surface area contributed by atoms with E-state index in [-0.39, 0.29) is 36.3 Å². The van der Waals surface area contributed by atoms with E-state index in [1.165, 1.54) is 23.8 Å². The van der Waals surface area contributed by atoms with Crippen LogP contribution in [0.1, 0.15) is 43.9 Å². The number of piperazine rings is 1. The maximum absolute atomic E-state index is 13.1. The maximum Gasteiger partial charge on any atom is 0.416 e. The molecule has 1 aromatic carbocycles. The van der Waals surface area contributed by atoms with Crippen molar-refractivity contribution in [3.05, 3.63) is 69.4 Å². The van der Waals surface area contributed by atoms with E-state index in [1.54, 1.807) is 19.2 Å². The summed E-state index contributed by atoms with van der Waals surface area (Å²) in [7, 11) is 2.91. The van der Waals surface area contributed by atoms with Gasteiger partial charge in [0.25, 0.3) is 5.82 Å². The van der Waals surface area contributed by atoms with Crippen LogP contribution in [0.3, 0.4) is 0 Å². The van der Waals surface area contributed by atoms with Gasteiger partial charge in [-0.25, -0.2) is 4.79 Å². The second kappa shape index (κ2) is 11.0. The Bertz CT molecular complexity index is 1470. The lowest BCUT2D eigenvalue weighted by Crippen LogP contribution is -2.58. The molecular weight excluding hydrogens is 513 g/mol. The number of fused-ring (bicyclic) bond motifs is 1. The van der Waals surface area contributed by atoms with Crippen LogP contribution in [0.2, 0.25) is 0 Å². The van der Waals surface area contributed by atoms with Gasteiger partial charge in [-0.1, -0.05) is 18.7 Å². The predicted molar refractivity (Wildman–Crippen MR) is 139 cm³/mol. The fraction of sp³-hybridized carbons (Fsp3) is 0.444. The van der Waals surface area contributed by atoms with Gasteiger partial charge in [-0.15, -0.1) is 4.98 Å². The van der Waals surface area contributed by atoms with Crippen LogP contribution in [0.5, 0.6) is 0 Å². The third-order valence-corrected chi connectivity index (χ3v) is 7.32. The Morgan fingerprint density at radius 2 is 1.87 bits per heavy atom. The zero-order valence-corrected chi connectivity index (χ0v) is 22.1. The first-order chi connectivity index (χ1) is 18.4. The average molecular weight is 543 g/mol. The minimum atomic E-state index is -4.42. The van der Waals surface area contributed by atoms with Crippen LogP contribution in [-0.4, -0.2) is 57.7 Å². The Balaban J connectivity index is 1.71. The van der Waals surface area contributed by atoms with Crippen molar-refractivity contribution in [2.45, 2.75) is 51.0 Å². The molecule has 0 aliphatic carbocycles. The second-order valence-electron chi connectivity index (χ2n) is 9.69. The van der Waals surface area contributed by atoms with Crippen molar-refractivity contribution in [1.29, 1.82) is 0 Å². The Morgan fingerprint density at radius 3 is 2.49 bits per heavy atom. The number of methoxy groups -OCH3 is 1. The van der Waals surface area contributed by atoms with Crippen molar-refractivity contribution in [3.63, 3.8) is 0 Å². The van der Waals surface area contributed by atoms with Crippen molar-refractivity contribution in [2.24, 2.45) is 7.05 Å². The van der Waals surface area contributed by atoms with Gasteiger partial charge in [-0.2, -0.15) is 18.2 Å². The molecule has 1 aliphatic rings. The molecule has 3 aromatic rings. The number of hydrogen-bond donors (Lipinski definition) is 0. The first-order valence-corrected chi connectivity index (χ1v) is 12.5. The van der Waals surface area contributed by atoms with E-state index in [0.29, 0.717) is 41.9 Å². The summed E-state index contributed by atoms with van der Waals surface area (Å²) in [6.07, 6.45) is -3.86. The molecule has 12 heteroatoms. The summed E-state index contributed by atoms with van der Waals surface area (Å²) >= 11 is 0. The molecule has 1 aliphatic heterocycles. The molecule has 4 rings (SSSR count). The maximum atomic E-state index is 13.1. The van der Waals surface area contributed by atoms with Gasteiger partial charge in [0.15, 0.2) is 5.82 Å². The largest absolute Gasteiger partial charge is 0.469 e. The molecule has 206 valence electrons. The van der Waals surface area contributed by atoms with Crippen molar-refractivity contribution < 1.29 is 22.7 Å². The van der Waals surface area contributed by atoms with Crippen LogP contribution in [0.25, 0.3) is 15.9 Å². The van der Waals surface area contributed by atoms with Crippen molar-refractivity contribution in [3.8, 4) is 0 Å². The molecule has 3 heterocycles. The van der Waals surface area contributed by atoms with E-state index in [1.807, 2.05) is 18.7 Å². The van der Waals surface area contributed by atoms with Gasteiger partial charge in [0.05, 0.1) is 18.2 Å². The Kier molecular flexibility index (Phi) is 7.92. The Labute approximate surface area is 223 Å². The summed E-state index contributed by atoms with van der Waals surface area (Å²) in [5.74, 6) is 0.160. The topological polar surface area (TPSA) is 84.9 Å². The highest BCUT2D eigenvalue weighted by atomic mass is 19.4. The highest BCUT2D eigenvalue weighted by molar-refractivity contribution is 5.87. The van der Waals surface area contributed by atoms with E-state index in [2.05, 4.69) is 19.7 Å². The van der Waals surface area contributed by atoms with Crippen LogP contribution < -0.4 is 10.6 Å². The lowest BCUT2D eigenvalue weighted by molar-refractivity contribution is -0.141. The van der Waals surface area contributed by atoms with Gasteiger partial charge in [0.1, 0.15) is 0 Å². The average Bonchev–Trinajstić information content (AvgIpc) is 2.92. The highest BCUT2D eigenvalue weighted by Gasteiger charge is 2.37.